The van der Waals surface area contributed by atoms with Crippen molar-refractivity contribution in [2.45, 2.75) is 44.6 Å². The van der Waals surface area contributed by atoms with Gasteiger partial charge in [-0.1, -0.05) is 37.5 Å². The number of hydrogen-bond acceptors (Lipinski definition) is 5. The number of carbonyl (C=O) groups excluding carboxylic acids is 2. The van der Waals surface area contributed by atoms with E-state index in [9.17, 15) is 14.9 Å². The zero-order valence-corrected chi connectivity index (χ0v) is 14.8. The summed E-state index contributed by atoms with van der Waals surface area (Å²) in [5.74, 6) is -0.374. The Morgan fingerprint density at radius 2 is 1.88 bits per heavy atom. The highest BCUT2D eigenvalue weighted by Gasteiger charge is 2.38. The first-order valence-corrected chi connectivity index (χ1v) is 8.50. The van der Waals surface area contributed by atoms with E-state index in [0.29, 0.717) is 18.6 Å². The molecule has 1 saturated carbocycles. The van der Waals surface area contributed by atoms with Gasteiger partial charge in [-0.15, -0.1) is 0 Å². The minimum atomic E-state index is -0.778. The van der Waals surface area contributed by atoms with Gasteiger partial charge in [-0.3, -0.25) is 4.79 Å². The van der Waals surface area contributed by atoms with Crippen LogP contribution in [0, 0.1) is 18.3 Å². The molecule has 0 N–H and O–H groups in total. The highest BCUT2D eigenvalue weighted by Crippen LogP contribution is 2.32. The molecule has 0 bridgehead atoms. The second-order valence-corrected chi connectivity index (χ2v) is 6.37. The number of esters is 1. The van der Waals surface area contributed by atoms with Crippen LogP contribution in [0.4, 0.5) is 0 Å². The molecule has 0 heterocycles. The third-order valence-electron chi connectivity index (χ3n) is 4.70. The maximum atomic E-state index is 12.3. The first-order chi connectivity index (χ1) is 12.0. The van der Waals surface area contributed by atoms with E-state index in [1.807, 2.05) is 25.1 Å². The number of amides is 1. The molecule has 0 aliphatic heterocycles. The van der Waals surface area contributed by atoms with Crippen LogP contribution in [0.3, 0.4) is 0 Å². The summed E-state index contributed by atoms with van der Waals surface area (Å²) in [6.07, 6.45) is 4.26. The predicted molar refractivity (Wildman–Crippen MR) is 91.8 cm³/mol. The summed E-state index contributed by atoms with van der Waals surface area (Å²) in [5.41, 5.74) is 0.138. The molecule has 0 aromatic heterocycles. The lowest BCUT2D eigenvalue weighted by molar-refractivity contribution is -0.155. The van der Waals surface area contributed by atoms with E-state index in [1.165, 1.54) is 4.90 Å². The van der Waals surface area contributed by atoms with Gasteiger partial charge in [0.05, 0.1) is 6.07 Å². The first-order valence-electron chi connectivity index (χ1n) is 8.50. The molecule has 134 valence electrons. The molecule has 0 atom stereocenters. The minimum Gasteiger partial charge on any atom is -0.482 e. The lowest BCUT2D eigenvalue weighted by atomic mass is 9.81. The molecular formula is C19H24N2O4. The van der Waals surface area contributed by atoms with Gasteiger partial charge in [0.15, 0.2) is 13.2 Å². The average molecular weight is 344 g/mol. The van der Waals surface area contributed by atoms with Gasteiger partial charge in [0.2, 0.25) is 0 Å². The Morgan fingerprint density at radius 1 is 1.20 bits per heavy atom. The molecule has 0 unspecified atom stereocenters. The van der Waals surface area contributed by atoms with Crippen LogP contribution in [0.25, 0.3) is 0 Å². The molecule has 6 heteroatoms. The maximum Gasteiger partial charge on any atom is 0.344 e. The first kappa shape index (κ1) is 18.8. The topological polar surface area (TPSA) is 79.6 Å². The number of para-hydroxylation sites is 1. The van der Waals surface area contributed by atoms with Crippen molar-refractivity contribution in [2.24, 2.45) is 0 Å². The number of rotatable bonds is 6. The zero-order valence-electron chi connectivity index (χ0n) is 14.8. The Morgan fingerprint density at radius 3 is 2.52 bits per heavy atom. The predicted octanol–water partition coefficient (Wildman–Crippen LogP) is 2.60. The molecule has 25 heavy (non-hydrogen) atoms. The van der Waals surface area contributed by atoms with Crippen LogP contribution in [0.15, 0.2) is 24.3 Å². The molecule has 0 saturated heterocycles. The Hall–Kier alpha value is -2.55. The van der Waals surface area contributed by atoms with E-state index < -0.39 is 11.5 Å². The van der Waals surface area contributed by atoms with E-state index >= 15 is 0 Å². The van der Waals surface area contributed by atoms with E-state index in [2.05, 4.69) is 6.07 Å². The molecule has 1 fully saturated rings. The Balaban J connectivity index is 1.81. The number of aryl methyl sites for hydroxylation is 1. The molecule has 2 rings (SSSR count). The van der Waals surface area contributed by atoms with Gasteiger partial charge in [0, 0.05) is 7.05 Å². The molecule has 1 aromatic carbocycles. The summed E-state index contributed by atoms with van der Waals surface area (Å²) in [7, 11) is 1.61. The number of benzene rings is 1. The largest absolute Gasteiger partial charge is 0.482 e. The lowest BCUT2D eigenvalue weighted by Crippen LogP contribution is -2.51. The third kappa shape index (κ3) is 4.72. The molecule has 6 nitrogen and oxygen atoms in total. The number of nitrogens with zero attached hydrogens (tertiary/aromatic N) is 2. The molecule has 0 spiro atoms. The van der Waals surface area contributed by atoms with Crippen molar-refractivity contribution < 1.29 is 19.1 Å². The van der Waals surface area contributed by atoms with Crippen molar-refractivity contribution in [3.8, 4) is 11.8 Å². The van der Waals surface area contributed by atoms with Crippen molar-refractivity contribution in [1.29, 1.82) is 5.26 Å². The lowest BCUT2D eigenvalue weighted by Gasteiger charge is -2.38. The quantitative estimate of drug-likeness (QED) is 0.741. The fourth-order valence-electron chi connectivity index (χ4n) is 3.03. The summed E-state index contributed by atoms with van der Waals surface area (Å²) in [4.78, 5) is 25.5. The fraction of sp³-hybridized carbons (Fsp3) is 0.526. The fourth-order valence-corrected chi connectivity index (χ4v) is 3.03. The highest BCUT2D eigenvalue weighted by atomic mass is 16.6. The van der Waals surface area contributed by atoms with E-state index in [-0.39, 0.29) is 19.1 Å². The molecule has 1 amide bonds. The van der Waals surface area contributed by atoms with Gasteiger partial charge in [-0.05, 0) is 31.4 Å². The van der Waals surface area contributed by atoms with Crippen LogP contribution >= 0.6 is 0 Å². The van der Waals surface area contributed by atoms with Crippen molar-refractivity contribution in [1.82, 2.24) is 4.90 Å². The molecule has 1 aliphatic carbocycles. The number of hydrogen-bond donors (Lipinski definition) is 0. The Bertz CT molecular complexity index is 660. The molecular weight excluding hydrogens is 320 g/mol. The van der Waals surface area contributed by atoms with Crippen LogP contribution in [-0.4, -0.2) is 42.6 Å². The van der Waals surface area contributed by atoms with Crippen molar-refractivity contribution >= 4 is 11.9 Å². The monoisotopic (exact) mass is 344 g/mol. The van der Waals surface area contributed by atoms with E-state index in [4.69, 9.17) is 9.47 Å². The van der Waals surface area contributed by atoms with Gasteiger partial charge >= 0.3 is 5.97 Å². The second-order valence-electron chi connectivity index (χ2n) is 6.37. The van der Waals surface area contributed by atoms with Gasteiger partial charge < -0.3 is 14.4 Å². The summed E-state index contributed by atoms with van der Waals surface area (Å²) in [6.45, 7) is 1.24. The van der Waals surface area contributed by atoms with E-state index in [1.54, 1.807) is 13.1 Å². The normalized spacial score (nSPS) is 15.7. The van der Waals surface area contributed by atoms with Crippen molar-refractivity contribution in [3.05, 3.63) is 29.8 Å². The molecule has 1 aliphatic rings. The number of carbonyl (C=O) groups is 2. The zero-order chi connectivity index (χ0) is 18.3. The smallest absolute Gasteiger partial charge is 0.344 e. The summed E-state index contributed by atoms with van der Waals surface area (Å²) in [5, 5.41) is 9.50. The second kappa shape index (κ2) is 8.52. The average Bonchev–Trinajstić information content (AvgIpc) is 2.65. The SMILES string of the molecule is Cc1ccccc1OCC(=O)OCC(=O)N(C)C1(C#N)CCCCC1. The van der Waals surface area contributed by atoms with Crippen molar-refractivity contribution in [2.75, 3.05) is 20.3 Å². The number of ether oxygens (including phenoxy) is 2. The Kier molecular flexibility index (Phi) is 6.40. The summed E-state index contributed by atoms with van der Waals surface area (Å²) < 4.78 is 10.4. The highest BCUT2D eigenvalue weighted by molar-refractivity contribution is 5.81. The summed E-state index contributed by atoms with van der Waals surface area (Å²) in [6, 6.07) is 9.62. The van der Waals surface area contributed by atoms with Crippen LogP contribution in [-0.2, 0) is 14.3 Å². The Labute approximate surface area is 148 Å². The third-order valence-corrected chi connectivity index (χ3v) is 4.70. The maximum absolute atomic E-state index is 12.3. The van der Waals surface area contributed by atoms with Gasteiger partial charge in [-0.25, -0.2) is 4.79 Å². The molecule has 1 aromatic rings. The number of likely N-dealkylation sites (N-methyl/N-ethyl adjacent to an activating group) is 1. The minimum absolute atomic E-state index is 0.259. The van der Waals surface area contributed by atoms with Crippen LogP contribution in [0.1, 0.15) is 37.7 Å². The summed E-state index contributed by atoms with van der Waals surface area (Å²) >= 11 is 0. The van der Waals surface area contributed by atoms with Gasteiger partial charge in [-0.2, -0.15) is 5.26 Å². The van der Waals surface area contributed by atoms with Crippen LogP contribution in [0.2, 0.25) is 0 Å². The number of nitriles is 1. The van der Waals surface area contributed by atoms with Crippen LogP contribution in [0.5, 0.6) is 5.75 Å². The van der Waals surface area contributed by atoms with E-state index in [0.717, 1.165) is 24.8 Å². The van der Waals surface area contributed by atoms with Crippen LogP contribution < -0.4 is 4.74 Å². The molecule has 0 radical (unpaired) electrons. The standard InChI is InChI=1S/C19H24N2O4/c1-15-8-4-5-9-16(15)24-13-18(23)25-12-17(22)21(2)19(14-20)10-6-3-7-11-19/h4-5,8-9H,3,6-7,10-13H2,1-2H3. The van der Waals surface area contributed by atoms with Gasteiger partial charge in [0.1, 0.15) is 11.3 Å². The van der Waals surface area contributed by atoms with Gasteiger partial charge in [0.25, 0.3) is 5.91 Å². The van der Waals surface area contributed by atoms with Crippen molar-refractivity contribution in [3.63, 3.8) is 0 Å².